The summed E-state index contributed by atoms with van der Waals surface area (Å²) in [4.78, 5) is 6.18. The van der Waals surface area contributed by atoms with E-state index in [4.69, 9.17) is 4.42 Å². The van der Waals surface area contributed by atoms with Gasteiger partial charge in [0.05, 0.1) is 5.69 Å². The van der Waals surface area contributed by atoms with Gasteiger partial charge in [0.15, 0.2) is 0 Å². The van der Waals surface area contributed by atoms with Gasteiger partial charge in [-0.3, -0.25) is 0 Å². The predicted molar refractivity (Wildman–Crippen MR) is 77.0 cm³/mol. The standard InChI is InChI=1S/C15H20FN3O/c1-3-8-17-9-13-11-20-15(18-13)19(2)10-12-6-4-5-7-14(12)16/h4-7,11,17H,3,8-10H2,1-2H3. The van der Waals surface area contributed by atoms with Crippen LogP contribution in [-0.2, 0) is 13.1 Å². The van der Waals surface area contributed by atoms with Crippen molar-refractivity contribution in [2.45, 2.75) is 26.4 Å². The molecule has 1 heterocycles. The normalized spacial score (nSPS) is 10.8. The molecule has 1 N–H and O–H groups in total. The topological polar surface area (TPSA) is 41.3 Å². The number of benzene rings is 1. The van der Waals surface area contributed by atoms with E-state index in [0.29, 0.717) is 24.7 Å². The van der Waals surface area contributed by atoms with Gasteiger partial charge in [-0.15, -0.1) is 0 Å². The highest BCUT2D eigenvalue weighted by atomic mass is 19.1. The second-order valence-electron chi connectivity index (χ2n) is 4.75. The molecule has 0 atom stereocenters. The van der Waals surface area contributed by atoms with Crippen molar-refractivity contribution in [1.82, 2.24) is 10.3 Å². The highest BCUT2D eigenvalue weighted by molar-refractivity contribution is 5.29. The third-order valence-corrected chi connectivity index (χ3v) is 2.96. The molecule has 0 aliphatic heterocycles. The van der Waals surface area contributed by atoms with E-state index in [-0.39, 0.29) is 5.82 Å². The van der Waals surface area contributed by atoms with Crippen LogP contribution in [0.25, 0.3) is 0 Å². The predicted octanol–water partition coefficient (Wildman–Crippen LogP) is 2.95. The quantitative estimate of drug-likeness (QED) is 0.790. The van der Waals surface area contributed by atoms with Crippen LogP contribution in [0.4, 0.5) is 10.4 Å². The van der Waals surface area contributed by atoms with E-state index < -0.39 is 0 Å². The Bertz CT molecular complexity index is 541. The Labute approximate surface area is 118 Å². The number of anilines is 1. The number of aromatic nitrogens is 1. The SMILES string of the molecule is CCCNCc1coc(N(C)Cc2ccccc2F)n1. The Hall–Kier alpha value is -1.88. The van der Waals surface area contributed by atoms with Gasteiger partial charge in [0.25, 0.3) is 6.01 Å². The summed E-state index contributed by atoms with van der Waals surface area (Å²) in [6, 6.07) is 7.22. The second-order valence-corrected chi connectivity index (χ2v) is 4.75. The van der Waals surface area contributed by atoms with Gasteiger partial charge in [-0.2, -0.15) is 4.98 Å². The van der Waals surface area contributed by atoms with Crippen molar-refractivity contribution in [3.63, 3.8) is 0 Å². The maximum Gasteiger partial charge on any atom is 0.297 e. The van der Waals surface area contributed by atoms with Crippen molar-refractivity contribution in [1.29, 1.82) is 0 Å². The van der Waals surface area contributed by atoms with Crippen molar-refractivity contribution >= 4 is 6.01 Å². The molecule has 0 saturated carbocycles. The van der Waals surface area contributed by atoms with E-state index in [2.05, 4.69) is 17.2 Å². The third-order valence-electron chi connectivity index (χ3n) is 2.96. The van der Waals surface area contributed by atoms with Crippen molar-refractivity contribution < 1.29 is 8.81 Å². The highest BCUT2D eigenvalue weighted by Crippen LogP contribution is 2.16. The number of nitrogens with one attached hydrogen (secondary N) is 1. The fourth-order valence-electron chi connectivity index (χ4n) is 1.90. The van der Waals surface area contributed by atoms with Gasteiger partial charge < -0.3 is 14.6 Å². The first-order valence-corrected chi connectivity index (χ1v) is 6.80. The van der Waals surface area contributed by atoms with Crippen LogP contribution >= 0.6 is 0 Å². The van der Waals surface area contributed by atoms with E-state index >= 15 is 0 Å². The molecule has 0 amide bonds. The molecule has 5 heteroatoms. The summed E-state index contributed by atoms with van der Waals surface area (Å²) in [6.07, 6.45) is 2.72. The van der Waals surface area contributed by atoms with E-state index in [0.717, 1.165) is 18.7 Å². The summed E-state index contributed by atoms with van der Waals surface area (Å²) in [5.74, 6) is -0.212. The number of rotatable bonds is 7. The van der Waals surface area contributed by atoms with E-state index in [1.807, 2.05) is 13.1 Å². The van der Waals surface area contributed by atoms with Gasteiger partial charge in [0.1, 0.15) is 12.1 Å². The summed E-state index contributed by atoms with van der Waals surface area (Å²) in [6.45, 7) is 4.18. The molecule has 1 aromatic carbocycles. The summed E-state index contributed by atoms with van der Waals surface area (Å²) in [5, 5.41) is 3.26. The van der Waals surface area contributed by atoms with Gasteiger partial charge in [0.2, 0.25) is 0 Å². The molecule has 2 aromatic rings. The molecule has 4 nitrogen and oxygen atoms in total. The summed E-state index contributed by atoms with van der Waals surface area (Å²) >= 11 is 0. The zero-order valence-corrected chi connectivity index (χ0v) is 11.9. The van der Waals surface area contributed by atoms with Gasteiger partial charge >= 0.3 is 0 Å². The highest BCUT2D eigenvalue weighted by Gasteiger charge is 2.11. The average Bonchev–Trinajstić information content (AvgIpc) is 2.91. The first-order valence-electron chi connectivity index (χ1n) is 6.80. The molecular weight excluding hydrogens is 257 g/mol. The Morgan fingerprint density at radius 1 is 1.35 bits per heavy atom. The number of halogens is 1. The van der Waals surface area contributed by atoms with Gasteiger partial charge in [-0.1, -0.05) is 25.1 Å². The molecular formula is C15H20FN3O. The van der Waals surface area contributed by atoms with Crippen molar-refractivity contribution in [2.24, 2.45) is 0 Å². The molecule has 1 aromatic heterocycles. The summed E-state index contributed by atoms with van der Waals surface area (Å²) in [7, 11) is 1.83. The van der Waals surface area contributed by atoms with Gasteiger partial charge in [-0.25, -0.2) is 4.39 Å². The lowest BCUT2D eigenvalue weighted by atomic mass is 10.2. The summed E-state index contributed by atoms with van der Waals surface area (Å²) in [5.41, 5.74) is 1.48. The Balaban J connectivity index is 1.96. The minimum atomic E-state index is -0.212. The Morgan fingerprint density at radius 2 is 2.15 bits per heavy atom. The van der Waals surface area contributed by atoms with Crippen molar-refractivity contribution in [2.75, 3.05) is 18.5 Å². The number of hydrogen-bond donors (Lipinski definition) is 1. The smallest absolute Gasteiger partial charge is 0.297 e. The fraction of sp³-hybridized carbons (Fsp3) is 0.400. The molecule has 108 valence electrons. The van der Waals surface area contributed by atoms with Crippen LogP contribution in [0.2, 0.25) is 0 Å². The monoisotopic (exact) mass is 277 g/mol. The van der Waals surface area contributed by atoms with Crippen LogP contribution in [-0.4, -0.2) is 18.6 Å². The average molecular weight is 277 g/mol. The lowest BCUT2D eigenvalue weighted by Crippen LogP contribution is -2.18. The van der Waals surface area contributed by atoms with E-state index in [1.54, 1.807) is 23.3 Å². The van der Waals surface area contributed by atoms with Crippen molar-refractivity contribution in [3.8, 4) is 0 Å². The lowest BCUT2D eigenvalue weighted by molar-refractivity contribution is 0.537. The zero-order valence-electron chi connectivity index (χ0n) is 11.9. The molecule has 0 fully saturated rings. The molecule has 0 bridgehead atoms. The van der Waals surface area contributed by atoms with Gasteiger partial charge in [-0.05, 0) is 19.0 Å². The Morgan fingerprint density at radius 3 is 2.90 bits per heavy atom. The van der Waals surface area contributed by atoms with E-state index in [1.165, 1.54) is 6.07 Å². The molecule has 2 rings (SSSR count). The fourth-order valence-corrected chi connectivity index (χ4v) is 1.90. The minimum Gasteiger partial charge on any atom is -0.432 e. The number of oxazole rings is 1. The number of nitrogens with zero attached hydrogens (tertiary/aromatic N) is 2. The third kappa shape index (κ3) is 3.81. The molecule has 20 heavy (non-hydrogen) atoms. The lowest BCUT2D eigenvalue weighted by Gasteiger charge is -2.14. The van der Waals surface area contributed by atoms with Crippen molar-refractivity contribution in [3.05, 3.63) is 47.6 Å². The largest absolute Gasteiger partial charge is 0.432 e. The molecule has 0 aliphatic rings. The second kappa shape index (κ2) is 7.05. The first kappa shape index (κ1) is 14.5. The maximum absolute atomic E-state index is 13.6. The van der Waals surface area contributed by atoms with Crippen LogP contribution in [0.5, 0.6) is 0 Å². The van der Waals surface area contributed by atoms with Crippen LogP contribution in [0, 0.1) is 5.82 Å². The van der Waals surface area contributed by atoms with Crippen LogP contribution in [0.3, 0.4) is 0 Å². The molecule has 0 radical (unpaired) electrons. The van der Waals surface area contributed by atoms with E-state index in [9.17, 15) is 4.39 Å². The number of hydrogen-bond acceptors (Lipinski definition) is 4. The minimum absolute atomic E-state index is 0.212. The van der Waals surface area contributed by atoms with Crippen LogP contribution in [0.15, 0.2) is 34.9 Å². The van der Waals surface area contributed by atoms with Crippen LogP contribution < -0.4 is 10.2 Å². The zero-order chi connectivity index (χ0) is 14.4. The molecule has 0 unspecified atom stereocenters. The summed E-state index contributed by atoms with van der Waals surface area (Å²) < 4.78 is 19.0. The maximum atomic E-state index is 13.6. The molecule has 0 aliphatic carbocycles. The Kier molecular flexibility index (Phi) is 5.12. The van der Waals surface area contributed by atoms with Crippen LogP contribution in [0.1, 0.15) is 24.6 Å². The first-order chi connectivity index (χ1) is 9.70. The van der Waals surface area contributed by atoms with Gasteiger partial charge in [0, 0.05) is 25.7 Å². The molecule has 0 saturated heterocycles. The molecule has 0 spiro atoms.